The van der Waals surface area contributed by atoms with Gasteiger partial charge in [-0.2, -0.15) is 0 Å². The van der Waals surface area contributed by atoms with Crippen LogP contribution in [-0.4, -0.2) is 17.4 Å². The van der Waals surface area contributed by atoms with Crippen molar-refractivity contribution in [1.29, 1.82) is 0 Å². The number of halogens is 3. The fourth-order valence-electron chi connectivity index (χ4n) is 1.01. The third-order valence-corrected chi connectivity index (χ3v) is 2.26. The molecule has 0 saturated carbocycles. The number of rotatable bonds is 3. The first kappa shape index (κ1) is 13.0. The minimum absolute atomic E-state index is 0.0336. The van der Waals surface area contributed by atoms with Crippen LogP contribution in [0.5, 0.6) is 0 Å². The Kier molecular flexibility index (Phi) is 4.31. The third-order valence-electron chi connectivity index (χ3n) is 1.66. The van der Waals surface area contributed by atoms with Gasteiger partial charge in [0.25, 0.3) is 5.91 Å². The standard InChI is InChI=1S/C9H7BrF2N2OS/c10-4-1-5(11)8(6(12)2-4)9(15)14-3-7(13)16/h1-2H,3H2,(H2,13,16)(H,14,15). The summed E-state index contributed by atoms with van der Waals surface area (Å²) in [5.74, 6) is -2.80. The summed E-state index contributed by atoms with van der Waals surface area (Å²) in [6.07, 6.45) is 0. The number of amides is 1. The van der Waals surface area contributed by atoms with Crippen molar-refractivity contribution in [1.82, 2.24) is 5.32 Å². The van der Waals surface area contributed by atoms with Crippen LogP contribution in [0.25, 0.3) is 0 Å². The van der Waals surface area contributed by atoms with E-state index in [1.807, 2.05) is 0 Å². The molecule has 3 nitrogen and oxygen atoms in total. The maximum atomic E-state index is 13.3. The Morgan fingerprint density at radius 2 is 1.94 bits per heavy atom. The molecule has 86 valence electrons. The van der Waals surface area contributed by atoms with Crippen LogP contribution in [0.15, 0.2) is 16.6 Å². The normalized spacial score (nSPS) is 9.94. The topological polar surface area (TPSA) is 55.1 Å². The van der Waals surface area contributed by atoms with Crippen LogP contribution in [0, 0.1) is 11.6 Å². The molecule has 0 spiro atoms. The first-order chi connectivity index (χ1) is 7.41. The first-order valence-electron chi connectivity index (χ1n) is 4.13. The number of carbonyl (C=O) groups is 1. The molecule has 16 heavy (non-hydrogen) atoms. The zero-order valence-corrected chi connectivity index (χ0v) is 10.3. The highest BCUT2D eigenvalue weighted by Crippen LogP contribution is 2.19. The molecule has 0 saturated heterocycles. The molecule has 1 aromatic rings. The molecule has 0 radical (unpaired) electrons. The van der Waals surface area contributed by atoms with E-state index in [-0.39, 0.29) is 16.0 Å². The van der Waals surface area contributed by atoms with Crippen molar-refractivity contribution in [3.63, 3.8) is 0 Å². The van der Waals surface area contributed by atoms with Crippen molar-refractivity contribution in [2.24, 2.45) is 5.73 Å². The van der Waals surface area contributed by atoms with Gasteiger partial charge < -0.3 is 11.1 Å². The summed E-state index contributed by atoms with van der Waals surface area (Å²) in [4.78, 5) is 11.4. The van der Waals surface area contributed by atoms with E-state index in [0.29, 0.717) is 0 Å². The van der Waals surface area contributed by atoms with E-state index < -0.39 is 23.1 Å². The summed E-state index contributed by atoms with van der Waals surface area (Å²) in [7, 11) is 0. The Bertz CT molecular complexity index is 430. The Labute approximate surface area is 104 Å². The highest BCUT2D eigenvalue weighted by molar-refractivity contribution is 9.10. The highest BCUT2D eigenvalue weighted by atomic mass is 79.9. The average molecular weight is 309 g/mol. The zero-order valence-electron chi connectivity index (χ0n) is 7.89. The summed E-state index contributed by atoms with van der Waals surface area (Å²) in [6.45, 7) is -0.108. The van der Waals surface area contributed by atoms with E-state index in [2.05, 4.69) is 33.5 Å². The van der Waals surface area contributed by atoms with Gasteiger partial charge in [0.05, 0.1) is 11.5 Å². The van der Waals surface area contributed by atoms with Gasteiger partial charge in [-0.05, 0) is 12.1 Å². The fourth-order valence-corrected chi connectivity index (χ4v) is 1.49. The molecule has 0 atom stereocenters. The summed E-state index contributed by atoms with van der Waals surface area (Å²) >= 11 is 7.42. The molecule has 0 aliphatic rings. The van der Waals surface area contributed by atoms with Crippen LogP contribution < -0.4 is 11.1 Å². The van der Waals surface area contributed by atoms with Crippen molar-refractivity contribution in [2.75, 3.05) is 6.54 Å². The molecule has 3 N–H and O–H groups in total. The molecule has 0 fully saturated rings. The molecule has 7 heteroatoms. The molecule has 1 rings (SSSR count). The number of nitrogens with one attached hydrogen (secondary N) is 1. The number of benzene rings is 1. The molecule has 1 amide bonds. The molecule has 0 aliphatic heterocycles. The van der Waals surface area contributed by atoms with E-state index in [1.54, 1.807) is 0 Å². The van der Waals surface area contributed by atoms with Gasteiger partial charge in [0.1, 0.15) is 17.2 Å². The minimum atomic E-state index is -0.952. The monoisotopic (exact) mass is 308 g/mol. The van der Waals surface area contributed by atoms with Crippen LogP contribution in [0.3, 0.4) is 0 Å². The van der Waals surface area contributed by atoms with Crippen LogP contribution >= 0.6 is 28.1 Å². The van der Waals surface area contributed by atoms with Crippen LogP contribution in [-0.2, 0) is 0 Å². The second-order valence-corrected chi connectivity index (χ2v) is 4.33. The Morgan fingerprint density at radius 3 is 2.38 bits per heavy atom. The predicted molar refractivity (Wildman–Crippen MR) is 63.2 cm³/mol. The summed E-state index contributed by atoms with van der Waals surface area (Å²) in [6, 6.07) is 2.00. The maximum absolute atomic E-state index is 13.3. The van der Waals surface area contributed by atoms with Gasteiger partial charge >= 0.3 is 0 Å². The molecule has 0 aliphatic carbocycles. The van der Waals surface area contributed by atoms with Gasteiger partial charge in [0, 0.05) is 4.47 Å². The lowest BCUT2D eigenvalue weighted by atomic mass is 10.2. The summed E-state index contributed by atoms with van der Waals surface area (Å²) < 4.78 is 26.8. The fraction of sp³-hybridized carbons (Fsp3) is 0.111. The number of hydrogen-bond donors (Lipinski definition) is 2. The van der Waals surface area contributed by atoms with Gasteiger partial charge in [-0.1, -0.05) is 28.1 Å². The Morgan fingerprint density at radius 1 is 1.44 bits per heavy atom. The van der Waals surface area contributed by atoms with Crippen LogP contribution in [0.2, 0.25) is 0 Å². The van der Waals surface area contributed by atoms with Gasteiger partial charge in [-0.3, -0.25) is 4.79 Å². The Balaban J connectivity index is 2.95. The van der Waals surface area contributed by atoms with Crippen LogP contribution in [0.1, 0.15) is 10.4 Å². The largest absolute Gasteiger partial charge is 0.392 e. The lowest BCUT2D eigenvalue weighted by Gasteiger charge is -2.06. The van der Waals surface area contributed by atoms with Crippen molar-refractivity contribution < 1.29 is 13.6 Å². The van der Waals surface area contributed by atoms with Gasteiger partial charge in [0.2, 0.25) is 0 Å². The maximum Gasteiger partial charge on any atom is 0.257 e. The van der Waals surface area contributed by atoms with Crippen LogP contribution in [0.4, 0.5) is 8.78 Å². The van der Waals surface area contributed by atoms with Crippen molar-refractivity contribution in [3.8, 4) is 0 Å². The predicted octanol–water partition coefficient (Wildman–Crippen LogP) is 1.74. The minimum Gasteiger partial charge on any atom is -0.392 e. The number of carbonyl (C=O) groups excluding carboxylic acids is 1. The molecular formula is C9H7BrF2N2OS. The lowest BCUT2D eigenvalue weighted by Crippen LogP contribution is -2.33. The SMILES string of the molecule is NC(=S)CNC(=O)c1c(F)cc(Br)cc1F. The molecule has 0 unspecified atom stereocenters. The highest BCUT2D eigenvalue weighted by Gasteiger charge is 2.17. The molecule has 0 bridgehead atoms. The van der Waals surface area contributed by atoms with Crippen molar-refractivity contribution >= 4 is 39.0 Å². The summed E-state index contributed by atoms with van der Waals surface area (Å²) in [5.41, 5.74) is 4.49. The molecule has 0 aromatic heterocycles. The quantitative estimate of drug-likeness (QED) is 0.836. The first-order valence-corrected chi connectivity index (χ1v) is 5.33. The van der Waals surface area contributed by atoms with Gasteiger partial charge in [-0.25, -0.2) is 8.78 Å². The number of thiocarbonyl (C=S) groups is 1. The summed E-state index contributed by atoms with van der Waals surface area (Å²) in [5, 5.41) is 2.20. The van der Waals surface area contributed by atoms with E-state index in [9.17, 15) is 13.6 Å². The number of hydrogen-bond acceptors (Lipinski definition) is 2. The lowest BCUT2D eigenvalue weighted by molar-refractivity contribution is 0.0951. The second-order valence-electron chi connectivity index (χ2n) is 2.89. The molecule has 1 aromatic carbocycles. The van der Waals surface area contributed by atoms with E-state index in [4.69, 9.17) is 5.73 Å². The smallest absolute Gasteiger partial charge is 0.257 e. The average Bonchev–Trinajstić information content (AvgIpc) is 2.12. The van der Waals surface area contributed by atoms with E-state index >= 15 is 0 Å². The van der Waals surface area contributed by atoms with Crippen molar-refractivity contribution in [2.45, 2.75) is 0 Å². The second kappa shape index (κ2) is 5.31. The van der Waals surface area contributed by atoms with Gasteiger partial charge in [-0.15, -0.1) is 0 Å². The number of nitrogens with two attached hydrogens (primary N) is 1. The zero-order chi connectivity index (χ0) is 12.3. The van der Waals surface area contributed by atoms with Gasteiger partial charge in [0.15, 0.2) is 0 Å². The molecule has 0 heterocycles. The molecular weight excluding hydrogens is 302 g/mol. The Hall–Kier alpha value is -1.08. The van der Waals surface area contributed by atoms with E-state index in [0.717, 1.165) is 12.1 Å². The van der Waals surface area contributed by atoms with Crippen molar-refractivity contribution in [3.05, 3.63) is 33.8 Å². The van der Waals surface area contributed by atoms with E-state index in [1.165, 1.54) is 0 Å². The third kappa shape index (κ3) is 3.21.